The van der Waals surface area contributed by atoms with Crippen molar-refractivity contribution in [2.75, 3.05) is 18.8 Å². The number of hydrogen-bond acceptors (Lipinski definition) is 5. The molecular formula is C13H20ClN5S. The molecule has 5 nitrogen and oxygen atoms in total. The summed E-state index contributed by atoms with van der Waals surface area (Å²) in [6.45, 7) is 5.24. The number of nitrogen functional groups attached to an aromatic ring is 1. The van der Waals surface area contributed by atoms with Gasteiger partial charge in [-0.25, -0.2) is 4.98 Å². The number of likely N-dealkylation sites (tertiary alicyclic amines) is 1. The molecule has 1 fully saturated rings. The third kappa shape index (κ3) is 3.50. The van der Waals surface area contributed by atoms with Crippen LogP contribution in [-0.4, -0.2) is 32.8 Å². The molecule has 1 aliphatic rings. The van der Waals surface area contributed by atoms with Gasteiger partial charge in [-0.1, -0.05) is 0 Å². The van der Waals surface area contributed by atoms with Crippen LogP contribution < -0.4 is 5.73 Å². The highest BCUT2D eigenvalue weighted by atomic mass is 35.5. The first-order valence-electron chi connectivity index (χ1n) is 6.64. The zero-order valence-corrected chi connectivity index (χ0v) is 13.2. The van der Waals surface area contributed by atoms with Gasteiger partial charge >= 0.3 is 0 Å². The van der Waals surface area contributed by atoms with Crippen LogP contribution in [-0.2, 0) is 6.54 Å². The van der Waals surface area contributed by atoms with Crippen LogP contribution in [0, 0.1) is 6.92 Å². The number of hydrogen-bond donors (Lipinski definition) is 1. The second-order valence-electron chi connectivity index (χ2n) is 5.19. The van der Waals surface area contributed by atoms with Crippen molar-refractivity contribution in [3.05, 3.63) is 29.0 Å². The number of halogens is 1. The van der Waals surface area contributed by atoms with E-state index in [1.165, 1.54) is 23.3 Å². The average molecular weight is 314 g/mol. The van der Waals surface area contributed by atoms with Gasteiger partial charge in [0.15, 0.2) is 5.13 Å². The molecule has 0 aromatic carbocycles. The van der Waals surface area contributed by atoms with Crippen molar-refractivity contribution in [1.29, 1.82) is 0 Å². The van der Waals surface area contributed by atoms with Gasteiger partial charge in [0.25, 0.3) is 0 Å². The number of piperidine rings is 1. The number of aromatic nitrogens is 3. The number of thiazole rings is 1. The van der Waals surface area contributed by atoms with Gasteiger partial charge in [-0.05, 0) is 31.9 Å². The van der Waals surface area contributed by atoms with Gasteiger partial charge in [0, 0.05) is 30.4 Å². The fourth-order valence-electron chi connectivity index (χ4n) is 2.64. The summed E-state index contributed by atoms with van der Waals surface area (Å²) in [4.78, 5) is 7.83. The minimum absolute atomic E-state index is 0. The number of rotatable bonds is 3. The van der Waals surface area contributed by atoms with E-state index in [1.54, 1.807) is 11.3 Å². The summed E-state index contributed by atoms with van der Waals surface area (Å²) in [5.41, 5.74) is 6.91. The summed E-state index contributed by atoms with van der Waals surface area (Å²) in [6.07, 6.45) is 8.39. The molecule has 1 aliphatic heterocycles. The molecule has 0 bridgehead atoms. The molecule has 0 radical (unpaired) electrons. The summed E-state index contributed by atoms with van der Waals surface area (Å²) < 4.78 is 2.11. The average Bonchev–Trinajstić information content (AvgIpc) is 2.99. The molecule has 1 unspecified atom stereocenters. The Morgan fingerprint density at radius 1 is 1.45 bits per heavy atom. The first kappa shape index (κ1) is 15.3. The van der Waals surface area contributed by atoms with E-state index >= 15 is 0 Å². The molecule has 0 aliphatic carbocycles. The molecule has 3 heterocycles. The Bertz CT molecular complexity index is 552. The third-order valence-electron chi connectivity index (χ3n) is 3.54. The Kier molecular flexibility index (Phi) is 5.01. The Labute approximate surface area is 129 Å². The molecule has 2 aromatic rings. The standard InChI is InChI=1S/C13H19N5S.ClH/c1-10-5-16-18(7-10)11-3-2-4-17(8-11)9-12-6-15-13(14)19-12;/h5-7,11H,2-4,8-9H2,1H3,(H2,14,15);1H. The number of nitrogens with zero attached hydrogens (tertiary/aromatic N) is 4. The SMILES string of the molecule is Cc1cnn(C2CCCN(Cc3cnc(N)s3)C2)c1.Cl. The molecule has 110 valence electrons. The molecule has 2 aromatic heterocycles. The molecule has 1 atom stereocenters. The van der Waals surface area contributed by atoms with E-state index in [2.05, 4.69) is 32.8 Å². The Morgan fingerprint density at radius 3 is 2.95 bits per heavy atom. The lowest BCUT2D eigenvalue weighted by Crippen LogP contribution is -2.36. The molecule has 3 rings (SSSR count). The minimum Gasteiger partial charge on any atom is -0.375 e. The number of nitrogens with two attached hydrogens (primary N) is 1. The number of aryl methyl sites for hydroxylation is 1. The van der Waals surface area contributed by atoms with Crippen molar-refractivity contribution in [3.63, 3.8) is 0 Å². The van der Waals surface area contributed by atoms with Crippen LogP contribution in [0.4, 0.5) is 5.13 Å². The summed E-state index contributed by atoms with van der Waals surface area (Å²) >= 11 is 1.59. The minimum atomic E-state index is 0. The second kappa shape index (κ2) is 6.56. The van der Waals surface area contributed by atoms with Crippen LogP contribution in [0.3, 0.4) is 0 Å². The van der Waals surface area contributed by atoms with Gasteiger partial charge in [-0.2, -0.15) is 5.10 Å². The molecule has 0 saturated carbocycles. The van der Waals surface area contributed by atoms with Crippen molar-refractivity contribution >= 4 is 28.9 Å². The maximum Gasteiger partial charge on any atom is 0.180 e. The lowest BCUT2D eigenvalue weighted by molar-refractivity contribution is 0.164. The Morgan fingerprint density at radius 2 is 2.30 bits per heavy atom. The molecule has 20 heavy (non-hydrogen) atoms. The second-order valence-corrected chi connectivity index (χ2v) is 6.34. The van der Waals surface area contributed by atoms with E-state index in [-0.39, 0.29) is 12.4 Å². The van der Waals surface area contributed by atoms with Crippen molar-refractivity contribution in [2.45, 2.75) is 32.4 Å². The van der Waals surface area contributed by atoms with E-state index in [9.17, 15) is 0 Å². The predicted octanol–water partition coefficient (Wildman–Crippen LogP) is 2.49. The van der Waals surface area contributed by atoms with Crippen LogP contribution in [0.2, 0.25) is 0 Å². The maximum atomic E-state index is 5.68. The fourth-order valence-corrected chi connectivity index (χ4v) is 3.37. The van der Waals surface area contributed by atoms with Gasteiger partial charge in [0.2, 0.25) is 0 Å². The van der Waals surface area contributed by atoms with Crippen molar-refractivity contribution in [1.82, 2.24) is 19.7 Å². The molecular weight excluding hydrogens is 294 g/mol. The van der Waals surface area contributed by atoms with E-state index in [0.717, 1.165) is 19.6 Å². The zero-order valence-electron chi connectivity index (χ0n) is 11.5. The highest BCUT2D eigenvalue weighted by molar-refractivity contribution is 7.15. The summed E-state index contributed by atoms with van der Waals surface area (Å²) in [7, 11) is 0. The lowest BCUT2D eigenvalue weighted by Gasteiger charge is -2.32. The predicted molar refractivity (Wildman–Crippen MR) is 84.3 cm³/mol. The van der Waals surface area contributed by atoms with Crippen LogP contribution >= 0.6 is 23.7 Å². The van der Waals surface area contributed by atoms with Gasteiger partial charge < -0.3 is 5.73 Å². The molecule has 0 spiro atoms. The Hall–Kier alpha value is -1.11. The molecule has 1 saturated heterocycles. The first-order valence-corrected chi connectivity index (χ1v) is 7.45. The van der Waals surface area contributed by atoms with E-state index in [0.29, 0.717) is 11.2 Å². The van der Waals surface area contributed by atoms with Crippen molar-refractivity contribution in [3.8, 4) is 0 Å². The topological polar surface area (TPSA) is 60.0 Å². The quantitative estimate of drug-likeness (QED) is 0.945. The van der Waals surface area contributed by atoms with Crippen LogP contribution in [0.1, 0.15) is 29.3 Å². The maximum absolute atomic E-state index is 5.68. The third-order valence-corrected chi connectivity index (χ3v) is 4.35. The molecule has 2 N–H and O–H groups in total. The summed E-state index contributed by atoms with van der Waals surface area (Å²) in [6, 6.07) is 0.493. The Balaban J connectivity index is 0.00000147. The zero-order chi connectivity index (χ0) is 13.2. The fraction of sp³-hybridized carbons (Fsp3) is 0.538. The summed E-state index contributed by atoms with van der Waals surface area (Å²) in [5, 5.41) is 5.10. The molecule has 0 amide bonds. The lowest BCUT2D eigenvalue weighted by atomic mass is 10.1. The smallest absolute Gasteiger partial charge is 0.180 e. The van der Waals surface area contributed by atoms with E-state index in [4.69, 9.17) is 5.73 Å². The normalized spacial score (nSPS) is 19.8. The van der Waals surface area contributed by atoms with E-state index in [1.807, 2.05) is 12.4 Å². The largest absolute Gasteiger partial charge is 0.375 e. The van der Waals surface area contributed by atoms with E-state index < -0.39 is 0 Å². The van der Waals surface area contributed by atoms with Crippen molar-refractivity contribution in [2.24, 2.45) is 0 Å². The monoisotopic (exact) mass is 313 g/mol. The van der Waals surface area contributed by atoms with Crippen LogP contribution in [0.5, 0.6) is 0 Å². The van der Waals surface area contributed by atoms with Gasteiger partial charge in [-0.15, -0.1) is 23.7 Å². The van der Waals surface area contributed by atoms with Gasteiger partial charge in [0.05, 0.1) is 12.2 Å². The first-order chi connectivity index (χ1) is 9.20. The van der Waals surface area contributed by atoms with Gasteiger partial charge in [0.1, 0.15) is 0 Å². The number of anilines is 1. The van der Waals surface area contributed by atoms with Crippen molar-refractivity contribution < 1.29 is 0 Å². The highest BCUT2D eigenvalue weighted by Gasteiger charge is 2.22. The molecule has 7 heteroatoms. The van der Waals surface area contributed by atoms with Gasteiger partial charge in [-0.3, -0.25) is 9.58 Å². The summed E-state index contributed by atoms with van der Waals surface area (Å²) in [5.74, 6) is 0. The highest BCUT2D eigenvalue weighted by Crippen LogP contribution is 2.24. The van der Waals surface area contributed by atoms with Crippen LogP contribution in [0.25, 0.3) is 0 Å². The van der Waals surface area contributed by atoms with Crippen LogP contribution in [0.15, 0.2) is 18.6 Å².